The zero-order chi connectivity index (χ0) is 8.39. The van der Waals surface area contributed by atoms with Crippen LogP contribution >= 0.6 is 0 Å². The van der Waals surface area contributed by atoms with Gasteiger partial charge in [-0.3, -0.25) is 0 Å². The minimum absolute atomic E-state index is 0.642. The van der Waals surface area contributed by atoms with E-state index in [0.29, 0.717) is 12.5 Å². The van der Waals surface area contributed by atoms with Crippen molar-refractivity contribution >= 4 is 0 Å². The number of nitrogens with zero attached hydrogens (tertiary/aromatic N) is 3. The van der Waals surface area contributed by atoms with Gasteiger partial charge in [0, 0.05) is 12.5 Å². The van der Waals surface area contributed by atoms with Crippen molar-refractivity contribution in [2.45, 2.75) is 31.7 Å². The third kappa shape index (κ3) is 1.22. The quantitative estimate of drug-likeness (QED) is 0.711. The van der Waals surface area contributed by atoms with E-state index in [0.717, 1.165) is 6.54 Å². The molecule has 66 valence electrons. The molecular weight excluding hydrogens is 152 g/mol. The van der Waals surface area contributed by atoms with Gasteiger partial charge in [-0.25, -0.2) is 4.68 Å². The largest absolute Gasteiger partial charge is 0.329 e. The normalized spacial score (nSPS) is 17.8. The van der Waals surface area contributed by atoms with Crippen LogP contribution < -0.4 is 5.73 Å². The number of hydrogen-bond acceptors (Lipinski definition) is 3. The van der Waals surface area contributed by atoms with E-state index in [9.17, 15) is 0 Å². The summed E-state index contributed by atoms with van der Waals surface area (Å²) in [6.07, 6.45) is 5.80. The average molecular weight is 166 g/mol. The van der Waals surface area contributed by atoms with Crippen molar-refractivity contribution in [2.75, 3.05) is 6.54 Å². The van der Waals surface area contributed by atoms with Crippen LogP contribution in [0.25, 0.3) is 0 Å². The maximum Gasteiger partial charge on any atom is 0.0728 e. The van der Waals surface area contributed by atoms with Gasteiger partial charge in [0.1, 0.15) is 0 Å². The first-order valence-corrected chi connectivity index (χ1v) is 4.50. The molecule has 1 aromatic rings. The lowest BCUT2D eigenvalue weighted by Gasteiger charge is -2.25. The Kier molecular flexibility index (Phi) is 2.08. The van der Waals surface area contributed by atoms with Crippen LogP contribution in [0.5, 0.6) is 0 Å². The Hall–Kier alpha value is -0.900. The highest BCUT2D eigenvalue weighted by molar-refractivity contribution is 5.06. The SMILES string of the molecule is NCCn1nncc1C1CCC1. The van der Waals surface area contributed by atoms with Crippen molar-refractivity contribution in [1.29, 1.82) is 0 Å². The third-order valence-electron chi connectivity index (χ3n) is 2.51. The average Bonchev–Trinajstić information content (AvgIpc) is 2.35. The molecule has 0 unspecified atom stereocenters. The molecule has 0 saturated heterocycles. The number of hydrogen-bond donors (Lipinski definition) is 1. The fourth-order valence-electron chi connectivity index (χ4n) is 1.58. The molecule has 0 amide bonds. The molecule has 1 saturated carbocycles. The van der Waals surface area contributed by atoms with E-state index in [2.05, 4.69) is 10.3 Å². The molecule has 2 rings (SSSR count). The Morgan fingerprint density at radius 3 is 3.00 bits per heavy atom. The summed E-state index contributed by atoms with van der Waals surface area (Å²) in [6.45, 7) is 1.44. The fourth-order valence-corrected chi connectivity index (χ4v) is 1.58. The molecule has 0 bridgehead atoms. The molecule has 1 fully saturated rings. The van der Waals surface area contributed by atoms with Gasteiger partial charge in [-0.2, -0.15) is 0 Å². The van der Waals surface area contributed by atoms with Crippen molar-refractivity contribution in [2.24, 2.45) is 5.73 Å². The molecule has 1 aliphatic carbocycles. The monoisotopic (exact) mass is 166 g/mol. The van der Waals surface area contributed by atoms with Gasteiger partial charge in [0.15, 0.2) is 0 Å². The first-order chi connectivity index (χ1) is 5.92. The lowest BCUT2D eigenvalue weighted by molar-refractivity contribution is 0.388. The molecule has 0 spiro atoms. The summed E-state index contributed by atoms with van der Waals surface area (Å²) in [6, 6.07) is 0. The van der Waals surface area contributed by atoms with Crippen molar-refractivity contribution in [1.82, 2.24) is 15.0 Å². The molecule has 4 nitrogen and oxygen atoms in total. The Morgan fingerprint density at radius 2 is 2.42 bits per heavy atom. The fraction of sp³-hybridized carbons (Fsp3) is 0.750. The topological polar surface area (TPSA) is 56.7 Å². The molecule has 1 heterocycles. The molecule has 0 aliphatic heterocycles. The van der Waals surface area contributed by atoms with E-state index in [-0.39, 0.29) is 0 Å². The third-order valence-corrected chi connectivity index (χ3v) is 2.51. The lowest BCUT2D eigenvalue weighted by Crippen LogP contribution is -2.18. The maximum absolute atomic E-state index is 5.46. The van der Waals surface area contributed by atoms with Gasteiger partial charge >= 0.3 is 0 Å². The van der Waals surface area contributed by atoms with Crippen LogP contribution in [0.15, 0.2) is 6.20 Å². The predicted molar refractivity (Wildman–Crippen MR) is 45.7 cm³/mol. The summed E-state index contributed by atoms with van der Waals surface area (Å²) >= 11 is 0. The Morgan fingerprint density at radius 1 is 1.58 bits per heavy atom. The zero-order valence-corrected chi connectivity index (χ0v) is 7.11. The van der Waals surface area contributed by atoms with E-state index < -0.39 is 0 Å². The van der Waals surface area contributed by atoms with Gasteiger partial charge in [-0.15, -0.1) is 5.10 Å². The number of rotatable bonds is 3. The summed E-state index contributed by atoms with van der Waals surface area (Å²) < 4.78 is 1.93. The van der Waals surface area contributed by atoms with Gasteiger partial charge in [-0.05, 0) is 12.8 Å². The Labute approximate surface area is 71.8 Å². The minimum atomic E-state index is 0.642. The van der Waals surface area contributed by atoms with E-state index in [1.165, 1.54) is 25.0 Å². The lowest BCUT2D eigenvalue weighted by atomic mass is 9.83. The van der Waals surface area contributed by atoms with Gasteiger partial charge in [0.05, 0.1) is 18.4 Å². The summed E-state index contributed by atoms with van der Waals surface area (Å²) in [5.41, 5.74) is 6.73. The van der Waals surface area contributed by atoms with Crippen LogP contribution in [0.4, 0.5) is 0 Å². The van der Waals surface area contributed by atoms with E-state index in [1.807, 2.05) is 10.9 Å². The molecule has 0 aromatic carbocycles. The Balaban J connectivity index is 2.12. The van der Waals surface area contributed by atoms with E-state index in [4.69, 9.17) is 5.73 Å². The number of nitrogens with two attached hydrogens (primary N) is 1. The van der Waals surface area contributed by atoms with Crippen LogP contribution in [-0.4, -0.2) is 21.5 Å². The van der Waals surface area contributed by atoms with Crippen molar-refractivity contribution in [3.63, 3.8) is 0 Å². The summed E-state index contributed by atoms with van der Waals surface area (Å²) in [4.78, 5) is 0. The highest BCUT2D eigenvalue weighted by Gasteiger charge is 2.23. The Bertz CT molecular complexity index is 251. The van der Waals surface area contributed by atoms with Gasteiger partial charge < -0.3 is 5.73 Å². The smallest absolute Gasteiger partial charge is 0.0728 e. The second-order valence-corrected chi connectivity index (χ2v) is 3.30. The standard InChI is InChI=1S/C8H14N4/c9-4-5-12-8(6-10-11-12)7-2-1-3-7/h6-7H,1-5,9H2. The van der Waals surface area contributed by atoms with Crippen molar-refractivity contribution < 1.29 is 0 Å². The van der Waals surface area contributed by atoms with Crippen LogP contribution in [0.3, 0.4) is 0 Å². The van der Waals surface area contributed by atoms with Crippen molar-refractivity contribution in [3.05, 3.63) is 11.9 Å². The van der Waals surface area contributed by atoms with Crippen molar-refractivity contribution in [3.8, 4) is 0 Å². The summed E-state index contributed by atoms with van der Waals surface area (Å²) in [5.74, 6) is 0.701. The van der Waals surface area contributed by atoms with Crippen LogP contribution in [0, 0.1) is 0 Å². The van der Waals surface area contributed by atoms with Crippen LogP contribution in [0.1, 0.15) is 30.9 Å². The summed E-state index contributed by atoms with van der Waals surface area (Å²) in [5, 5.41) is 7.90. The molecule has 1 aliphatic rings. The first-order valence-electron chi connectivity index (χ1n) is 4.50. The van der Waals surface area contributed by atoms with Gasteiger partial charge in [0.2, 0.25) is 0 Å². The minimum Gasteiger partial charge on any atom is -0.329 e. The first kappa shape index (κ1) is 7.73. The molecule has 0 atom stereocenters. The molecule has 0 radical (unpaired) electrons. The highest BCUT2D eigenvalue weighted by atomic mass is 15.4. The molecule has 2 N–H and O–H groups in total. The molecular formula is C8H14N4. The highest BCUT2D eigenvalue weighted by Crippen LogP contribution is 2.35. The predicted octanol–water partition coefficient (Wildman–Crippen LogP) is 0.504. The molecule has 12 heavy (non-hydrogen) atoms. The molecule has 4 heteroatoms. The second-order valence-electron chi connectivity index (χ2n) is 3.30. The van der Waals surface area contributed by atoms with Gasteiger partial charge in [-0.1, -0.05) is 11.6 Å². The molecule has 1 aromatic heterocycles. The van der Waals surface area contributed by atoms with Crippen LogP contribution in [0.2, 0.25) is 0 Å². The maximum atomic E-state index is 5.46. The van der Waals surface area contributed by atoms with Crippen LogP contribution in [-0.2, 0) is 6.54 Å². The number of aromatic nitrogens is 3. The second kappa shape index (κ2) is 3.23. The van der Waals surface area contributed by atoms with Gasteiger partial charge in [0.25, 0.3) is 0 Å². The summed E-state index contributed by atoms with van der Waals surface area (Å²) in [7, 11) is 0. The van der Waals surface area contributed by atoms with E-state index >= 15 is 0 Å². The van der Waals surface area contributed by atoms with E-state index in [1.54, 1.807) is 0 Å². The zero-order valence-electron chi connectivity index (χ0n) is 7.11.